The molecular formula is C21H14F6N2O2. The number of methoxy groups -OCH3 is 1. The second-order valence-electron chi connectivity index (χ2n) is 6.78. The molecule has 0 spiro atoms. The summed E-state index contributed by atoms with van der Waals surface area (Å²) in [5.74, 6) is 0.552. The van der Waals surface area contributed by atoms with Gasteiger partial charge in [0.1, 0.15) is 17.1 Å². The second kappa shape index (κ2) is 7.07. The smallest absolute Gasteiger partial charge is 0.435 e. The van der Waals surface area contributed by atoms with Crippen molar-refractivity contribution < 1.29 is 35.5 Å². The van der Waals surface area contributed by atoms with Crippen LogP contribution in [-0.2, 0) is 19.4 Å². The summed E-state index contributed by atoms with van der Waals surface area (Å²) in [6, 6.07) is 10.0. The van der Waals surface area contributed by atoms with Gasteiger partial charge in [0, 0.05) is 18.2 Å². The normalized spacial score (nSPS) is 12.5. The molecule has 0 amide bonds. The molecule has 0 unspecified atom stereocenters. The predicted molar refractivity (Wildman–Crippen MR) is 100 cm³/mol. The Hall–Kier alpha value is -3.43. The first-order chi connectivity index (χ1) is 14.5. The van der Waals surface area contributed by atoms with Crippen molar-refractivity contribution in [2.45, 2.75) is 12.4 Å². The minimum Gasteiger partial charge on any atom is -0.495 e. The third-order valence-electron chi connectivity index (χ3n) is 4.80. The Morgan fingerprint density at radius 1 is 0.903 bits per heavy atom. The molecule has 4 nitrogen and oxygen atoms in total. The third-order valence-corrected chi connectivity index (χ3v) is 4.80. The van der Waals surface area contributed by atoms with Gasteiger partial charge in [0.05, 0.1) is 23.8 Å². The molecular weight excluding hydrogens is 426 g/mol. The Morgan fingerprint density at radius 3 is 2.13 bits per heavy atom. The fourth-order valence-electron chi connectivity index (χ4n) is 3.33. The maximum Gasteiger partial charge on any atom is 0.435 e. The van der Waals surface area contributed by atoms with Crippen molar-refractivity contribution in [1.82, 2.24) is 9.78 Å². The van der Waals surface area contributed by atoms with E-state index in [2.05, 4.69) is 5.10 Å². The zero-order valence-electron chi connectivity index (χ0n) is 16.1. The molecule has 0 radical (unpaired) electrons. The lowest BCUT2D eigenvalue weighted by molar-refractivity contribution is -0.141. The fourth-order valence-corrected chi connectivity index (χ4v) is 3.33. The highest BCUT2D eigenvalue weighted by Crippen LogP contribution is 2.42. The van der Waals surface area contributed by atoms with Gasteiger partial charge >= 0.3 is 12.4 Å². The van der Waals surface area contributed by atoms with Gasteiger partial charge in [-0.3, -0.25) is 4.68 Å². The molecule has 0 aliphatic carbocycles. The van der Waals surface area contributed by atoms with Gasteiger partial charge in [-0.05, 0) is 36.4 Å². The molecule has 0 atom stereocenters. The van der Waals surface area contributed by atoms with E-state index in [0.717, 1.165) is 22.9 Å². The first kappa shape index (κ1) is 20.8. The third kappa shape index (κ3) is 3.73. The van der Waals surface area contributed by atoms with Crippen LogP contribution < -0.4 is 4.74 Å². The molecule has 31 heavy (non-hydrogen) atoms. The number of halogens is 6. The van der Waals surface area contributed by atoms with Gasteiger partial charge < -0.3 is 9.15 Å². The van der Waals surface area contributed by atoms with Gasteiger partial charge in [-0.15, -0.1) is 0 Å². The Labute approximate surface area is 171 Å². The molecule has 2 aromatic heterocycles. The quantitative estimate of drug-likeness (QED) is 0.340. The van der Waals surface area contributed by atoms with Crippen LogP contribution in [0.25, 0.3) is 33.6 Å². The van der Waals surface area contributed by atoms with E-state index < -0.39 is 23.6 Å². The molecule has 10 heteroatoms. The predicted octanol–water partition coefficient (Wildman–Crippen LogP) is 6.55. The second-order valence-corrected chi connectivity index (χ2v) is 6.78. The summed E-state index contributed by atoms with van der Waals surface area (Å²) < 4.78 is 89.7. The van der Waals surface area contributed by atoms with Gasteiger partial charge in [-0.25, -0.2) is 0 Å². The number of aromatic nitrogens is 2. The lowest BCUT2D eigenvalue weighted by Gasteiger charge is -2.09. The van der Waals surface area contributed by atoms with E-state index in [-0.39, 0.29) is 11.4 Å². The van der Waals surface area contributed by atoms with Crippen molar-refractivity contribution in [2.75, 3.05) is 7.11 Å². The van der Waals surface area contributed by atoms with E-state index in [1.54, 1.807) is 18.2 Å². The Kier molecular flexibility index (Phi) is 4.75. The first-order valence-electron chi connectivity index (χ1n) is 8.89. The Bertz CT molecular complexity index is 1250. The zero-order chi connectivity index (χ0) is 22.6. The van der Waals surface area contributed by atoms with Crippen molar-refractivity contribution in [3.05, 3.63) is 59.8 Å². The maximum absolute atomic E-state index is 13.0. The van der Waals surface area contributed by atoms with E-state index in [1.165, 1.54) is 26.3 Å². The maximum atomic E-state index is 13.0. The van der Waals surface area contributed by atoms with Crippen LogP contribution in [-0.4, -0.2) is 16.9 Å². The molecule has 0 N–H and O–H groups in total. The lowest BCUT2D eigenvalue weighted by atomic mass is 10.1. The van der Waals surface area contributed by atoms with E-state index >= 15 is 0 Å². The topological polar surface area (TPSA) is 40.2 Å². The average Bonchev–Trinajstić information content (AvgIpc) is 3.30. The number of hydrogen-bond donors (Lipinski definition) is 0. The number of aryl methyl sites for hydroxylation is 1. The summed E-state index contributed by atoms with van der Waals surface area (Å²) in [5, 5.41) is 3.98. The minimum absolute atomic E-state index is 0.184. The summed E-state index contributed by atoms with van der Waals surface area (Å²) in [6.07, 6.45) is -9.05. The molecule has 0 saturated heterocycles. The molecule has 0 bridgehead atoms. The standard InChI is InChI=1S/C21H14F6N2O2/c1-29-15(10-18(28-29)21(25,26)27)13-7-8-16-14(19(13)30-2)9-17(31-16)11-3-5-12(6-4-11)20(22,23)24/h3-10H,1-2H3. The van der Waals surface area contributed by atoms with E-state index in [1.807, 2.05) is 0 Å². The van der Waals surface area contributed by atoms with Gasteiger partial charge in [0.2, 0.25) is 0 Å². The zero-order valence-corrected chi connectivity index (χ0v) is 16.1. The van der Waals surface area contributed by atoms with Crippen LogP contribution >= 0.6 is 0 Å². The number of benzene rings is 2. The lowest BCUT2D eigenvalue weighted by Crippen LogP contribution is -2.06. The largest absolute Gasteiger partial charge is 0.495 e. The fraction of sp³-hybridized carbons (Fsp3) is 0.190. The molecule has 162 valence electrons. The van der Waals surface area contributed by atoms with Crippen LogP contribution in [0.4, 0.5) is 26.3 Å². The summed E-state index contributed by atoms with van der Waals surface area (Å²) >= 11 is 0. The average molecular weight is 440 g/mol. The van der Waals surface area contributed by atoms with Crippen LogP contribution in [0.15, 0.2) is 52.9 Å². The number of rotatable bonds is 3. The summed E-state index contributed by atoms with van der Waals surface area (Å²) in [7, 11) is 2.75. The van der Waals surface area contributed by atoms with Crippen molar-refractivity contribution in [3.8, 4) is 28.3 Å². The monoisotopic (exact) mass is 440 g/mol. The van der Waals surface area contributed by atoms with Gasteiger partial charge in [-0.2, -0.15) is 31.4 Å². The van der Waals surface area contributed by atoms with Crippen molar-refractivity contribution >= 4 is 11.0 Å². The van der Waals surface area contributed by atoms with E-state index in [0.29, 0.717) is 27.9 Å². The first-order valence-corrected chi connectivity index (χ1v) is 8.89. The van der Waals surface area contributed by atoms with E-state index in [4.69, 9.17) is 9.15 Å². The van der Waals surface area contributed by atoms with Crippen LogP contribution in [0.3, 0.4) is 0 Å². The van der Waals surface area contributed by atoms with E-state index in [9.17, 15) is 26.3 Å². The van der Waals surface area contributed by atoms with Crippen molar-refractivity contribution in [3.63, 3.8) is 0 Å². The Balaban J connectivity index is 1.81. The number of alkyl halides is 6. The molecule has 4 rings (SSSR count). The number of fused-ring (bicyclic) bond motifs is 1. The summed E-state index contributed by atoms with van der Waals surface area (Å²) in [6.45, 7) is 0. The minimum atomic E-state index is -4.60. The molecule has 0 saturated carbocycles. The summed E-state index contributed by atoms with van der Waals surface area (Å²) in [5.41, 5.74) is -0.501. The van der Waals surface area contributed by atoms with Crippen LogP contribution in [0.1, 0.15) is 11.3 Å². The molecule has 4 aromatic rings. The molecule has 0 aliphatic rings. The van der Waals surface area contributed by atoms with Gasteiger partial charge in [0.15, 0.2) is 5.69 Å². The Morgan fingerprint density at radius 2 is 1.58 bits per heavy atom. The van der Waals surface area contributed by atoms with Gasteiger partial charge in [-0.1, -0.05) is 12.1 Å². The number of hydrogen-bond acceptors (Lipinski definition) is 3. The highest BCUT2D eigenvalue weighted by Gasteiger charge is 2.35. The number of furan rings is 1. The van der Waals surface area contributed by atoms with Crippen LogP contribution in [0, 0.1) is 0 Å². The SMILES string of the molecule is COc1c(-c2cc(C(F)(F)F)nn2C)ccc2oc(-c3ccc(C(F)(F)F)cc3)cc12. The highest BCUT2D eigenvalue weighted by molar-refractivity contribution is 5.94. The van der Waals surface area contributed by atoms with Gasteiger partial charge in [0.25, 0.3) is 0 Å². The highest BCUT2D eigenvalue weighted by atomic mass is 19.4. The number of nitrogens with zero attached hydrogens (tertiary/aromatic N) is 2. The molecule has 0 aliphatic heterocycles. The molecule has 2 heterocycles. The van der Waals surface area contributed by atoms with Crippen molar-refractivity contribution in [1.29, 1.82) is 0 Å². The van der Waals surface area contributed by atoms with Crippen molar-refractivity contribution in [2.24, 2.45) is 7.05 Å². The molecule has 2 aromatic carbocycles. The summed E-state index contributed by atoms with van der Waals surface area (Å²) in [4.78, 5) is 0. The van der Waals surface area contributed by atoms with Crippen LogP contribution in [0.5, 0.6) is 5.75 Å². The van der Waals surface area contributed by atoms with Crippen LogP contribution in [0.2, 0.25) is 0 Å². The molecule has 0 fully saturated rings. The number of ether oxygens (including phenoxy) is 1.